The summed E-state index contributed by atoms with van der Waals surface area (Å²) in [7, 11) is -6.76. The molecule has 5 heteroatoms. The van der Waals surface area contributed by atoms with Crippen molar-refractivity contribution in [2.75, 3.05) is 0 Å². The Hall–Kier alpha value is -8.12. The van der Waals surface area contributed by atoms with Crippen molar-refractivity contribution in [3.63, 3.8) is 0 Å². The van der Waals surface area contributed by atoms with Gasteiger partial charge >= 0.3 is 6.92 Å². The van der Waals surface area contributed by atoms with Crippen LogP contribution in [0.25, 0.3) is 60.9 Å². The fourth-order valence-electron chi connectivity index (χ4n) is 8.15. The van der Waals surface area contributed by atoms with Gasteiger partial charge in [-0.25, -0.2) is 0 Å². The van der Waals surface area contributed by atoms with Crippen LogP contribution in [0.15, 0.2) is 242 Å². The molecule has 0 saturated carbocycles. The number of para-hydroxylation sites is 4. The van der Waals surface area contributed by atoms with Gasteiger partial charge in [0.15, 0.2) is 8.07 Å². The molecule has 0 unspecified atom stereocenters. The zero-order chi connectivity index (χ0) is 77.7. The van der Waals surface area contributed by atoms with E-state index in [-0.39, 0.29) is 0 Å². The Morgan fingerprint density at radius 1 is 0.400 bits per heavy atom. The number of benzene rings is 10. The lowest BCUT2D eigenvalue weighted by Gasteiger charge is -2.36. The highest BCUT2D eigenvalue weighted by molar-refractivity contribution is 7.20. The van der Waals surface area contributed by atoms with Crippen molar-refractivity contribution in [2.24, 2.45) is 0 Å². The summed E-state index contributed by atoms with van der Waals surface area (Å²) in [5, 5.41) is -6.49. The molecule has 0 amide bonds. The van der Waals surface area contributed by atoms with Gasteiger partial charge < -0.3 is 14.0 Å². The molecule has 3 heterocycles. The van der Waals surface area contributed by atoms with Crippen LogP contribution in [0.1, 0.15) is 54.8 Å². The van der Waals surface area contributed by atoms with Gasteiger partial charge in [-0.1, -0.05) is 199 Å². The average molecular weight is 886 g/mol. The molecule has 11 aromatic rings. The Kier molecular flexibility index (Phi) is 3.46. The number of aromatic nitrogens is 1. The minimum Gasteiger partial charge on any atom is -0.551 e. The lowest BCUT2D eigenvalue weighted by molar-refractivity contribution is 0.480. The smallest absolute Gasteiger partial charge is 0.434 e. The topological polar surface area (TPSA) is 23.4 Å². The number of hydrogen-bond acceptors (Lipinski definition) is 2. The molecule has 13 rings (SSSR count). The fraction of sp³-hybridized carbons (Fsp3) is 0. The zero-order valence-corrected chi connectivity index (χ0v) is 33.3. The Balaban J connectivity index is 1.25. The van der Waals surface area contributed by atoms with Crippen LogP contribution < -0.4 is 41.1 Å². The zero-order valence-electron chi connectivity index (χ0n) is 72.3. The molecule has 65 heavy (non-hydrogen) atoms. The summed E-state index contributed by atoms with van der Waals surface area (Å²) in [6.07, 6.45) is 0. The number of ether oxygens (including phenoxy) is 1. The van der Waals surface area contributed by atoms with Gasteiger partial charge in [0.25, 0.3) is 0 Å². The van der Waals surface area contributed by atoms with Crippen molar-refractivity contribution in [2.45, 2.75) is 0 Å². The first kappa shape index (κ1) is 15.0. The molecule has 0 bridgehead atoms. The predicted octanol–water partition coefficient (Wildman–Crippen LogP) is 10.8. The third-order valence-corrected chi connectivity index (χ3v) is 14.9. The highest BCUT2D eigenvalue weighted by Crippen LogP contribution is 2.44. The van der Waals surface area contributed by atoms with Gasteiger partial charge in [-0.3, -0.25) is 0 Å². The molecule has 2 aliphatic heterocycles. The summed E-state index contributed by atoms with van der Waals surface area (Å²) >= 11 is 0. The second-order valence-electron chi connectivity index (χ2n) is 14.0. The molecule has 2 aliphatic rings. The summed E-state index contributed by atoms with van der Waals surface area (Å²) in [4.78, 5) is 0. The molecule has 0 radical (unpaired) electrons. The first-order chi connectivity index (χ1) is 48.9. The normalized spacial score (nSPS) is 21.1. The Morgan fingerprint density at radius 2 is 0.923 bits per heavy atom. The molecule has 0 fully saturated rings. The Morgan fingerprint density at radius 3 is 1.58 bits per heavy atom. The molecule has 3 nitrogen and oxygen atoms in total. The van der Waals surface area contributed by atoms with Gasteiger partial charge in [-0.15, -0.1) is 0 Å². The predicted molar refractivity (Wildman–Crippen MR) is 273 cm³/mol. The molecule has 0 atom stereocenters. The van der Waals surface area contributed by atoms with Gasteiger partial charge in [0.1, 0.15) is 17.2 Å². The summed E-state index contributed by atoms with van der Waals surface area (Å²) in [6.45, 7) is -2.27. The first-order valence-electron chi connectivity index (χ1n) is 39.1. The van der Waals surface area contributed by atoms with Crippen molar-refractivity contribution in [3.05, 3.63) is 242 Å². The van der Waals surface area contributed by atoms with Gasteiger partial charge in [-0.2, -0.15) is 0 Å². The average Bonchev–Trinajstić information content (AvgIpc) is 1.05. The van der Waals surface area contributed by atoms with Crippen LogP contribution >= 0.6 is 0 Å². The van der Waals surface area contributed by atoms with Crippen molar-refractivity contribution in [1.82, 2.24) is 4.57 Å². The number of fused-ring (bicyclic) bond motifs is 7. The highest BCUT2D eigenvalue weighted by atomic mass is 28.3. The summed E-state index contributed by atoms with van der Waals surface area (Å²) in [6, 6.07) is -48.4. The van der Waals surface area contributed by atoms with Crippen LogP contribution in [-0.2, 0) is 0 Å². The second-order valence-corrected chi connectivity index (χ2v) is 17.5. The monoisotopic (exact) mass is 886 g/mol. The number of rotatable bonds is 7. The molecule has 1 aromatic heterocycles. The number of nitrogens with zero attached hydrogens (tertiary/aromatic N) is 1. The van der Waals surface area contributed by atoms with Crippen molar-refractivity contribution < 1.29 is 64.2 Å². The van der Waals surface area contributed by atoms with Crippen LogP contribution in [0.5, 0.6) is 17.2 Å². The van der Waals surface area contributed by atoms with Crippen LogP contribution in [-0.4, -0.2) is 19.6 Å². The minimum atomic E-state index is -6.76. The lowest BCUT2D eigenvalue weighted by Crippen LogP contribution is -2.75. The second kappa shape index (κ2) is 15.0. The van der Waals surface area contributed by atoms with Crippen molar-refractivity contribution in [1.29, 1.82) is 0 Å². The molecular weight excluding hydrogens is 806 g/mol. The fourth-order valence-corrected chi connectivity index (χ4v) is 12.0. The maximum Gasteiger partial charge on any atom is 0.434 e. The van der Waals surface area contributed by atoms with Crippen LogP contribution in [0.4, 0.5) is 0 Å². The molecule has 304 valence electrons. The van der Waals surface area contributed by atoms with Gasteiger partial charge in [0.2, 0.25) is 0 Å². The third kappa shape index (κ3) is 5.76. The van der Waals surface area contributed by atoms with Crippen LogP contribution in [0.3, 0.4) is 0 Å². The van der Waals surface area contributed by atoms with Gasteiger partial charge in [-0.05, 0) is 85.3 Å². The Bertz CT molecular complexity index is 5680. The quantitative estimate of drug-likeness (QED) is 0.118. The SMILES string of the molecule is [2H]c1c([2H])c([2H])c([Si](c2c([2H])c([2H])c([2H])c([2H])c2[2H])(c2c([2H])c([2H])c([2H])c([2H])c2[2H])c2c([2H])c([2H])c([2H])c([2H])c2-c2c([2H])c([2H])c3c(c2[2H])Oc2c([2H])c(-c4c([2H])c([2H])c([2H])c([2H])c4-n4c5c([2H])c([2H])c([2H])c([2H])c5c5c([2H])c([2H])c([2H])c([2H])c54)c([2H])c4c2B3Oc2c([2H])c([2H])c([2H])c([2H])c2-4)c([2H])c1[2H]. The van der Waals surface area contributed by atoms with E-state index in [2.05, 4.69) is 0 Å². The van der Waals surface area contributed by atoms with E-state index < -0.39 is 366 Å². The summed E-state index contributed by atoms with van der Waals surface area (Å²) in [5.41, 5.74) is -10.2. The Labute approximate surface area is 435 Å². The van der Waals surface area contributed by atoms with Crippen LogP contribution in [0, 0.1) is 0 Å². The van der Waals surface area contributed by atoms with E-state index in [1.165, 1.54) is 0 Å². The number of hydrogen-bond donors (Lipinski definition) is 0. The summed E-state index contributed by atoms with van der Waals surface area (Å²) < 4.78 is 388. The van der Waals surface area contributed by atoms with E-state index >= 15 is 0 Å². The van der Waals surface area contributed by atoms with E-state index in [1.54, 1.807) is 0 Å². The van der Waals surface area contributed by atoms with E-state index in [4.69, 9.17) is 35.4 Å². The third-order valence-electron chi connectivity index (χ3n) is 10.8. The largest absolute Gasteiger partial charge is 0.551 e. The lowest BCUT2D eigenvalue weighted by atomic mass is 9.50. The standard InChI is InChI=1S/C60H40BNO2Si/c1-4-20-43(21-5-1)65(44-22-6-2-7-23-44,45-24-8-3-9-25-45)59-35-19-14-27-47(59)41-36-37-52-57(39-41)63-58-40-42(38-51-50-30-13-18-34-56(50)64-61(52)60(51)58)46-26-10-15-31-53(46)62-54-32-16-11-28-48(54)49-29-12-17-33-55(49)62/h1-40H/i1D,2D,3D,4D,5D,6D,7D,8D,9D,10D,11D,12D,13D,14D,15D,16D,17D,18D,19D,20D,21D,22D,23D,24D,25D,26D,27D,28D,29D,30D,31D,32D,33D,34D,35D,36D,37D,38D,39D,40D. The maximum absolute atomic E-state index is 10.4. The highest BCUT2D eigenvalue weighted by Gasteiger charge is 2.44. The van der Waals surface area contributed by atoms with Crippen molar-refractivity contribution >= 4 is 68.5 Å². The maximum atomic E-state index is 10.4. The molecule has 10 aromatic carbocycles. The summed E-state index contributed by atoms with van der Waals surface area (Å²) in [5.74, 6) is -3.05. The molecule has 0 spiro atoms. The first-order valence-corrected chi connectivity index (χ1v) is 21.1. The molecular formula is C60H40BNO2Si. The molecule has 0 N–H and O–H groups in total. The van der Waals surface area contributed by atoms with E-state index in [0.717, 1.165) is 0 Å². The van der Waals surface area contributed by atoms with E-state index in [1.807, 2.05) is 0 Å². The molecule has 0 aliphatic carbocycles. The van der Waals surface area contributed by atoms with Gasteiger partial charge in [0, 0.05) is 32.8 Å². The van der Waals surface area contributed by atoms with Gasteiger partial charge in [0.05, 0.1) is 71.6 Å². The molecule has 0 saturated heterocycles. The minimum absolute atomic E-state index is 0.621. The van der Waals surface area contributed by atoms with E-state index in [9.17, 15) is 28.8 Å². The van der Waals surface area contributed by atoms with Crippen LogP contribution in [0.2, 0.25) is 0 Å². The van der Waals surface area contributed by atoms with E-state index in [0.29, 0.717) is 4.57 Å². The van der Waals surface area contributed by atoms with Crippen molar-refractivity contribution in [3.8, 4) is 56.3 Å².